The minimum Gasteiger partial charge on any atom is -0.325 e. The molecular weight excluding hydrogens is 284 g/mol. The van der Waals surface area contributed by atoms with Gasteiger partial charge in [0.1, 0.15) is 11.0 Å². The summed E-state index contributed by atoms with van der Waals surface area (Å²) in [5, 5.41) is -0.310. The van der Waals surface area contributed by atoms with Crippen molar-refractivity contribution < 1.29 is 8.78 Å². The molecule has 0 atom stereocenters. The van der Waals surface area contributed by atoms with E-state index in [2.05, 4.69) is 4.98 Å². The molecule has 2 rings (SSSR count). The maximum absolute atomic E-state index is 12.8. The minimum atomic E-state index is -2.67. The fourth-order valence-corrected chi connectivity index (χ4v) is 2.26. The number of pyridine rings is 1. The molecule has 2 aromatic rings. The van der Waals surface area contributed by atoms with Crippen molar-refractivity contribution in [2.45, 2.75) is 39.2 Å². The van der Waals surface area contributed by atoms with Gasteiger partial charge in [0.2, 0.25) is 0 Å². The first-order valence-corrected chi connectivity index (χ1v) is 6.61. The second-order valence-electron chi connectivity index (χ2n) is 4.74. The van der Waals surface area contributed by atoms with Gasteiger partial charge in [-0.1, -0.05) is 13.3 Å². The summed E-state index contributed by atoms with van der Waals surface area (Å²) in [6.07, 6.45) is -0.712. The molecule has 0 aliphatic heterocycles. The average molecular weight is 299 g/mol. The highest BCUT2D eigenvalue weighted by molar-refractivity contribution is 5.73. The first-order chi connectivity index (χ1) is 9.93. The van der Waals surface area contributed by atoms with Crippen molar-refractivity contribution >= 4 is 11.0 Å². The molecule has 0 radical (unpaired) electrons. The Hall–Kier alpha value is -2.25. The van der Waals surface area contributed by atoms with Crippen LogP contribution in [0.1, 0.15) is 25.5 Å². The molecule has 0 saturated heterocycles. The van der Waals surface area contributed by atoms with E-state index in [0.717, 1.165) is 11.0 Å². The third kappa shape index (κ3) is 3.09. The lowest BCUT2D eigenvalue weighted by Crippen LogP contribution is -2.30. The average Bonchev–Trinajstić information content (AvgIpc) is 2.38. The fraction of sp³-hybridized carbons (Fsp3) is 0.462. The monoisotopic (exact) mass is 299 g/mol. The van der Waals surface area contributed by atoms with Crippen LogP contribution in [0.5, 0.6) is 0 Å². The molecule has 21 heavy (non-hydrogen) atoms. The molecule has 0 aliphatic rings. The van der Waals surface area contributed by atoms with Gasteiger partial charge >= 0.3 is 5.69 Å². The summed E-state index contributed by atoms with van der Waals surface area (Å²) < 4.78 is 26.7. The molecule has 0 fully saturated rings. The van der Waals surface area contributed by atoms with Gasteiger partial charge in [0.05, 0.1) is 6.54 Å². The lowest BCUT2D eigenvalue weighted by Gasteiger charge is -2.15. The van der Waals surface area contributed by atoms with Crippen molar-refractivity contribution in [1.82, 2.24) is 14.5 Å². The lowest BCUT2D eigenvalue weighted by molar-refractivity contribution is 0.126. The maximum atomic E-state index is 12.8. The zero-order chi connectivity index (χ0) is 15.6. The topological polar surface area (TPSA) is 87.7 Å². The van der Waals surface area contributed by atoms with Crippen molar-refractivity contribution in [1.29, 1.82) is 0 Å². The van der Waals surface area contributed by atoms with Gasteiger partial charge in [0.25, 0.3) is 12.0 Å². The summed E-state index contributed by atoms with van der Waals surface area (Å²) in [4.78, 5) is 39.3. The van der Waals surface area contributed by atoms with E-state index >= 15 is 0 Å². The van der Waals surface area contributed by atoms with Crippen LogP contribution in [0, 0.1) is 0 Å². The predicted octanol–water partition coefficient (Wildman–Crippen LogP) is 0.986. The molecule has 0 unspecified atom stereocenters. The van der Waals surface area contributed by atoms with Crippen molar-refractivity contribution in [3.05, 3.63) is 42.8 Å². The van der Waals surface area contributed by atoms with Crippen LogP contribution in [0.25, 0.3) is 11.0 Å². The standard InChI is InChI=1S/C13H15F2N3O3/c1-2-3-4-7-5-8(19)10-11(18(7)6-9(14)15)16-13(21)17-12(10)20/h5,9H,2-4,6H2,1H3,(H2,16,17,20,21). The van der Waals surface area contributed by atoms with E-state index in [9.17, 15) is 23.2 Å². The SMILES string of the molecule is CCCCc1cc(=O)c2c(=O)[nH]c(=O)[nH]c2n1CC(F)F. The molecule has 8 heteroatoms. The number of fused-ring (bicyclic) bond motifs is 1. The number of hydrogen-bond acceptors (Lipinski definition) is 3. The number of rotatable bonds is 5. The Morgan fingerprint density at radius 2 is 1.95 bits per heavy atom. The molecule has 2 N–H and O–H groups in total. The predicted molar refractivity (Wildman–Crippen MR) is 74.1 cm³/mol. The molecule has 0 aliphatic carbocycles. The first-order valence-electron chi connectivity index (χ1n) is 6.61. The highest BCUT2D eigenvalue weighted by Gasteiger charge is 2.16. The van der Waals surface area contributed by atoms with Crippen LogP contribution in [0.3, 0.4) is 0 Å². The third-order valence-corrected chi connectivity index (χ3v) is 3.19. The molecule has 0 bridgehead atoms. The number of hydrogen-bond donors (Lipinski definition) is 2. The molecule has 2 heterocycles. The quantitative estimate of drug-likeness (QED) is 0.863. The second kappa shape index (κ2) is 6.02. The number of unbranched alkanes of at least 4 members (excludes halogenated alkanes) is 1. The van der Waals surface area contributed by atoms with Gasteiger partial charge in [-0.2, -0.15) is 0 Å². The molecular formula is C13H15F2N3O3. The number of aryl methyl sites for hydroxylation is 1. The summed E-state index contributed by atoms with van der Waals surface area (Å²) in [6.45, 7) is 1.25. The normalized spacial score (nSPS) is 11.4. The van der Waals surface area contributed by atoms with Crippen LogP contribution < -0.4 is 16.7 Å². The van der Waals surface area contributed by atoms with Crippen LogP contribution in [0.2, 0.25) is 0 Å². The highest BCUT2D eigenvalue weighted by Crippen LogP contribution is 2.12. The summed E-state index contributed by atoms with van der Waals surface area (Å²) in [5.41, 5.74) is -2.05. The Morgan fingerprint density at radius 3 is 2.57 bits per heavy atom. The number of aromatic amines is 2. The number of halogens is 2. The Bertz CT molecular complexity index is 820. The molecule has 0 spiro atoms. The number of aromatic nitrogens is 3. The fourth-order valence-electron chi connectivity index (χ4n) is 2.26. The number of alkyl halides is 2. The summed E-state index contributed by atoms with van der Waals surface area (Å²) in [5.74, 6) is 0. The van der Waals surface area contributed by atoms with Crippen LogP contribution in [-0.4, -0.2) is 21.0 Å². The van der Waals surface area contributed by atoms with Crippen molar-refractivity contribution in [3.8, 4) is 0 Å². The molecule has 114 valence electrons. The maximum Gasteiger partial charge on any atom is 0.327 e. The Labute approximate surface area is 117 Å². The smallest absolute Gasteiger partial charge is 0.325 e. The largest absolute Gasteiger partial charge is 0.327 e. The zero-order valence-corrected chi connectivity index (χ0v) is 11.4. The van der Waals surface area contributed by atoms with Gasteiger partial charge in [-0.25, -0.2) is 13.6 Å². The molecule has 0 saturated carbocycles. The van der Waals surface area contributed by atoms with Gasteiger partial charge < -0.3 is 4.57 Å². The van der Waals surface area contributed by atoms with Crippen molar-refractivity contribution in [3.63, 3.8) is 0 Å². The van der Waals surface area contributed by atoms with Gasteiger partial charge in [-0.05, 0) is 12.8 Å². The van der Waals surface area contributed by atoms with E-state index in [1.54, 1.807) is 0 Å². The Balaban J connectivity index is 2.82. The number of nitrogens with zero attached hydrogens (tertiary/aromatic N) is 1. The highest BCUT2D eigenvalue weighted by atomic mass is 19.3. The van der Waals surface area contributed by atoms with E-state index in [1.807, 2.05) is 11.9 Å². The van der Waals surface area contributed by atoms with Crippen molar-refractivity contribution in [2.75, 3.05) is 0 Å². The van der Waals surface area contributed by atoms with Gasteiger partial charge in [0, 0.05) is 11.8 Å². The Kier molecular flexibility index (Phi) is 4.35. The minimum absolute atomic E-state index is 0.150. The van der Waals surface area contributed by atoms with E-state index in [4.69, 9.17) is 0 Å². The second-order valence-corrected chi connectivity index (χ2v) is 4.74. The lowest BCUT2D eigenvalue weighted by atomic mass is 10.1. The Morgan fingerprint density at radius 1 is 1.24 bits per heavy atom. The van der Waals surface area contributed by atoms with Gasteiger partial charge in [-0.3, -0.25) is 19.6 Å². The van der Waals surface area contributed by atoms with Crippen molar-refractivity contribution in [2.24, 2.45) is 0 Å². The van der Waals surface area contributed by atoms with Crippen LogP contribution >= 0.6 is 0 Å². The van der Waals surface area contributed by atoms with E-state index in [0.29, 0.717) is 18.5 Å². The zero-order valence-electron chi connectivity index (χ0n) is 11.4. The number of nitrogens with one attached hydrogen (secondary N) is 2. The van der Waals surface area contributed by atoms with Crippen LogP contribution in [0.4, 0.5) is 8.78 Å². The molecule has 2 aromatic heterocycles. The summed E-state index contributed by atoms with van der Waals surface area (Å²) in [6, 6.07) is 1.19. The molecule has 0 amide bonds. The van der Waals surface area contributed by atoms with Gasteiger partial charge in [-0.15, -0.1) is 0 Å². The summed E-state index contributed by atoms with van der Waals surface area (Å²) >= 11 is 0. The third-order valence-electron chi connectivity index (χ3n) is 3.19. The summed E-state index contributed by atoms with van der Waals surface area (Å²) in [7, 11) is 0. The van der Waals surface area contributed by atoms with Crippen LogP contribution in [-0.2, 0) is 13.0 Å². The molecule has 0 aromatic carbocycles. The molecule has 6 nitrogen and oxygen atoms in total. The number of H-pyrrole nitrogens is 2. The first kappa shape index (κ1) is 15.1. The van der Waals surface area contributed by atoms with E-state index in [-0.39, 0.29) is 11.0 Å². The van der Waals surface area contributed by atoms with Crippen LogP contribution in [0.15, 0.2) is 20.4 Å². The van der Waals surface area contributed by atoms with Gasteiger partial charge in [0.15, 0.2) is 5.43 Å². The van der Waals surface area contributed by atoms with E-state index < -0.39 is 29.6 Å². The van der Waals surface area contributed by atoms with E-state index in [1.165, 1.54) is 6.07 Å².